The molecule has 90 valence electrons. The van der Waals surface area contributed by atoms with Crippen molar-refractivity contribution >= 4 is 27.3 Å². The van der Waals surface area contributed by atoms with Gasteiger partial charge in [-0.2, -0.15) is 0 Å². The minimum absolute atomic E-state index is 0.0687. The molecule has 0 radical (unpaired) electrons. The van der Waals surface area contributed by atoms with Crippen LogP contribution >= 0.6 is 27.3 Å². The molecule has 0 aliphatic heterocycles. The quantitative estimate of drug-likeness (QED) is 0.838. The third-order valence-corrected chi connectivity index (χ3v) is 5.69. The van der Waals surface area contributed by atoms with Gasteiger partial charge in [-0.1, -0.05) is 33.1 Å². The van der Waals surface area contributed by atoms with E-state index in [1.54, 1.807) is 0 Å². The van der Waals surface area contributed by atoms with Crippen molar-refractivity contribution in [3.8, 4) is 0 Å². The first-order valence-electron chi connectivity index (χ1n) is 6.11. The molecule has 1 saturated carbocycles. The second-order valence-electron chi connectivity index (χ2n) is 5.21. The van der Waals surface area contributed by atoms with Crippen LogP contribution in [0.15, 0.2) is 9.85 Å². The normalized spacial score (nSPS) is 20.3. The zero-order chi connectivity index (χ0) is 11.8. The molecule has 2 N–H and O–H groups in total. The van der Waals surface area contributed by atoms with E-state index in [9.17, 15) is 0 Å². The van der Waals surface area contributed by atoms with Crippen LogP contribution in [0.25, 0.3) is 0 Å². The first-order chi connectivity index (χ1) is 7.53. The molecule has 0 spiro atoms. The molecular formula is C13H20BrNS. The van der Waals surface area contributed by atoms with Crippen LogP contribution in [-0.4, -0.2) is 0 Å². The average molecular weight is 302 g/mol. The Morgan fingerprint density at radius 1 is 1.31 bits per heavy atom. The summed E-state index contributed by atoms with van der Waals surface area (Å²) < 4.78 is 1.25. The van der Waals surface area contributed by atoms with Crippen molar-refractivity contribution in [2.75, 3.05) is 0 Å². The lowest BCUT2D eigenvalue weighted by Crippen LogP contribution is -2.38. The largest absolute Gasteiger partial charge is 0.321 e. The van der Waals surface area contributed by atoms with Crippen LogP contribution in [0.4, 0.5) is 0 Å². The van der Waals surface area contributed by atoms with Gasteiger partial charge in [-0.25, -0.2) is 0 Å². The third-order valence-electron chi connectivity index (χ3n) is 3.56. The number of nitrogens with two attached hydrogens (primary N) is 1. The highest BCUT2D eigenvalue weighted by molar-refractivity contribution is 9.11. The fraction of sp³-hybridized carbons (Fsp3) is 0.692. The van der Waals surface area contributed by atoms with E-state index in [1.165, 1.54) is 33.5 Å². The summed E-state index contributed by atoms with van der Waals surface area (Å²) >= 11 is 5.55. The molecule has 3 heteroatoms. The van der Waals surface area contributed by atoms with Crippen molar-refractivity contribution in [1.82, 2.24) is 0 Å². The molecule has 0 saturated heterocycles. The molecule has 1 heterocycles. The summed E-state index contributed by atoms with van der Waals surface area (Å²) in [6, 6.07) is 2.32. The second kappa shape index (κ2) is 4.79. The number of rotatable bonds is 2. The Balaban J connectivity index is 2.31. The van der Waals surface area contributed by atoms with Gasteiger partial charge in [-0.3, -0.25) is 0 Å². The summed E-state index contributed by atoms with van der Waals surface area (Å²) in [6.07, 6.45) is 6.17. The fourth-order valence-corrected chi connectivity index (χ4v) is 4.52. The standard InChI is InChI=1S/C13H20BrNS/c1-9(2)11-8-10(12(14)16-11)13(15)6-4-3-5-7-13/h8-9H,3-7,15H2,1-2H3. The predicted molar refractivity (Wildman–Crippen MR) is 75.1 cm³/mol. The SMILES string of the molecule is CC(C)c1cc(C2(N)CCCCC2)c(Br)s1. The molecule has 1 fully saturated rings. The maximum Gasteiger partial charge on any atom is 0.0752 e. The third kappa shape index (κ3) is 2.36. The van der Waals surface area contributed by atoms with Crippen molar-refractivity contribution < 1.29 is 0 Å². The van der Waals surface area contributed by atoms with Crippen LogP contribution in [0.5, 0.6) is 0 Å². The van der Waals surface area contributed by atoms with Gasteiger partial charge in [0.1, 0.15) is 0 Å². The highest BCUT2D eigenvalue weighted by atomic mass is 79.9. The molecule has 0 amide bonds. The molecule has 0 unspecified atom stereocenters. The number of thiophene rings is 1. The number of hydrogen-bond donors (Lipinski definition) is 1. The van der Waals surface area contributed by atoms with Crippen LogP contribution in [0.2, 0.25) is 0 Å². The van der Waals surface area contributed by atoms with E-state index in [2.05, 4.69) is 35.8 Å². The molecule has 1 aliphatic carbocycles. The predicted octanol–water partition coefficient (Wildman–Crippen LogP) is 4.75. The monoisotopic (exact) mass is 301 g/mol. The number of hydrogen-bond acceptors (Lipinski definition) is 2. The van der Waals surface area contributed by atoms with Crippen molar-refractivity contribution in [3.05, 3.63) is 20.3 Å². The lowest BCUT2D eigenvalue weighted by Gasteiger charge is -2.33. The summed E-state index contributed by atoms with van der Waals surface area (Å²) in [5, 5.41) is 0. The van der Waals surface area contributed by atoms with Crippen LogP contribution in [-0.2, 0) is 5.54 Å². The molecule has 1 aromatic heterocycles. The molecule has 0 atom stereocenters. The lowest BCUT2D eigenvalue weighted by molar-refractivity contribution is 0.302. The molecule has 1 aliphatic rings. The topological polar surface area (TPSA) is 26.0 Å². The zero-order valence-electron chi connectivity index (χ0n) is 10.1. The number of halogens is 1. The maximum absolute atomic E-state index is 6.57. The second-order valence-corrected chi connectivity index (χ2v) is 7.61. The van der Waals surface area contributed by atoms with E-state index in [0.717, 1.165) is 12.8 Å². The van der Waals surface area contributed by atoms with Gasteiger partial charge in [0.15, 0.2) is 0 Å². The molecular weight excluding hydrogens is 282 g/mol. The van der Waals surface area contributed by atoms with Gasteiger partial charge in [0.25, 0.3) is 0 Å². The van der Waals surface area contributed by atoms with Crippen LogP contribution in [0, 0.1) is 0 Å². The Kier molecular flexibility index (Phi) is 3.77. The molecule has 1 nitrogen and oxygen atoms in total. The maximum atomic E-state index is 6.57. The molecule has 0 aromatic carbocycles. The summed E-state index contributed by atoms with van der Waals surface area (Å²) in [5.41, 5.74) is 7.85. The Hall–Kier alpha value is 0.140. The Morgan fingerprint density at radius 3 is 2.44 bits per heavy atom. The molecule has 2 rings (SSSR count). The van der Waals surface area contributed by atoms with Crippen molar-refractivity contribution in [2.24, 2.45) is 5.73 Å². The van der Waals surface area contributed by atoms with Gasteiger partial charge in [-0.15, -0.1) is 11.3 Å². The molecule has 0 bridgehead atoms. The highest BCUT2D eigenvalue weighted by Crippen LogP contribution is 2.43. The Labute approximate surface area is 111 Å². The van der Waals surface area contributed by atoms with Gasteiger partial charge in [0, 0.05) is 10.4 Å². The van der Waals surface area contributed by atoms with Gasteiger partial charge >= 0.3 is 0 Å². The van der Waals surface area contributed by atoms with Gasteiger partial charge in [0.2, 0.25) is 0 Å². The van der Waals surface area contributed by atoms with E-state index in [1.807, 2.05) is 11.3 Å². The average Bonchev–Trinajstić information content (AvgIpc) is 2.62. The van der Waals surface area contributed by atoms with Crippen molar-refractivity contribution in [3.63, 3.8) is 0 Å². The molecule has 1 aromatic rings. The summed E-state index contributed by atoms with van der Waals surface area (Å²) in [7, 11) is 0. The van der Waals surface area contributed by atoms with Crippen LogP contribution < -0.4 is 5.73 Å². The van der Waals surface area contributed by atoms with E-state index < -0.39 is 0 Å². The first-order valence-corrected chi connectivity index (χ1v) is 7.72. The summed E-state index contributed by atoms with van der Waals surface area (Å²) in [4.78, 5) is 1.44. The smallest absolute Gasteiger partial charge is 0.0752 e. The van der Waals surface area contributed by atoms with E-state index >= 15 is 0 Å². The zero-order valence-corrected chi connectivity index (χ0v) is 12.5. The van der Waals surface area contributed by atoms with Crippen molar-refractivity contribution in [2.45, 2.75) is 57.4 Å². The summed E-state index contributed by atoms with van der Waals surface area (Å²) in [6.45, 7) is 4.48. The fourth-order valence-electron chi connectivity index (χ4n) is 2.46. The minimum atomic E-state index is -0.0687. The Bertz CT molecular complexity index is 364. The van der Waals surface area contributed by atoms with Crippen LogP contribution in [0.1, 0.15) is 62.3 Å². The van der Waals surface area contributed by atoms with E-state index in [0.29, 0.717) is 5.92 Å². The molecule has 16 heavy (non-hydrogen) atoms. The van der Waals surface area contributed by atoms with E-state index in [4.69, 9.17) is 5.73 Å². The van der Waals surface area contributed by atoms with Gasteiger partial charge in [-0.05, 0) is 46.3 Å². The van der Waals surface area contributed by atoms with Gasteiger partial charge in [0.05, 0.1) is 3.79 Å². The lowest BCUT2D eigenvalue weighted by atomic mass is 9.78. The Morgan fingerprint density at radius 2 is 1.94 bits per heavy atom. The van der Waals surface area contributed by atoms with E-state index in [-0.39, 0.29) is 5.54 Å². The summed E-state index contributed by atoms with van der Waals surface area (Å²) in [5.74, 6) is 0.599. The first kappa shape index (κ1) is 12.6. The van der Waals surface area contributed by atoms with Gasteiger partial charge < -0.3 is 5.73 Å². The van der Waals surface area contributed by atoms with Crippen molar-refractivity contribution in [1.29, 1.82) is 0 Å². The van der Waals surface area contributed by atoms with Crippen LogP contribution in [0.3, 0.4) is 0 Å². The highest BCUT2D eigenvalue weighted by Gasteiger charge is 2.32. The minimum Gasteiger partial charge on any atom is -0.321 e.